The van der Waals surface area contributed by atoms with Crippen molar-refractivity contribution in [2.45, 2.75) is 0 Å². The molecular weight excluding hydrogens is 331 g/mol. The number of pyridine rings is 1. The number of hydrogen-bond donors (Lipinski definition) is 3. The molecule has 3 N–H and O–H groups in total. The fraction of sp³-hybridized carbons (Fsp3) is 0. The predicted octanol–water partition coefficient (Wildman–Crippen LogP) is 3.02. The molecule has 0 bridgehead atoms. The van der Waals surface area contributed by atoms with Crippen LogP contribution in [0.3, 0.4) is 0 Å². The van der Waals surface area contributed by atoms with E-state index in [2.05, 4.69) is 21.2 Å². The lowest BCUT2D eigenvalue weighted by molar-refractivity contribution is 0.0944. The van der Waals surface area contributed by atoms with Gasteiger partial charge in [-0.3, -0.25) is 20.6 Å². The highest BCUT2D eigenvalue weighted by molar-refractivity contribution is 7.80. The van der Waals surface area contributed by atoms with Crippen molar-refractivity contribution in [1.82, 2.24) is 15.8 Å². The van der Waals surface area contributed by atoms with Gasteiger partial charge in [-0.2, -0.15) is 0 Å². The number of anilines is 1. The smallest absolute Gasteiger partial charge is 0.271 e. The lowest BCUT2D eigenvalue weighted by Crippen LogP contribution is -2.43. The van der Waals surface area contributed by atoms with Gasteiger partial charge in [0.15, 0.2) is 5.11 Å². The zero-order chi connectivity index (χ0) is 15.2. The lowest BCUT2D eigenvalue weighted by atomic mass is 10.3. The minimum Gasteiger partial charge on any atom is -0.330 e. The van der Waals surface area contributed by atoms with Crippen molar-refractivity contribution in [1.29, 1.82) is 0 Å². The largest absolute Gasteiger partial charge is 0.330 e. The Bertz CT molecular complexity index is 666. The van der Waals surface area contributed by atoms with E-state index in [9.17, 15) is 4.79 Å². The van der Waals surface area contributed by atoms with E-state index in [1.807, 2.05) is 0 Å². The number of hydrogen-bond acceptors (Lipinski definition) is 3. The number of nitrogens with zero attached hydrogens (tertiary/aromatic N) is 1. The molecule has 108 valence electrons. The number of benzene rings is 1. The normalized spacial score (nSPS) is 9.81. The molecular formula is C13H10Cl2N4OS. The van der Waals surface area contributed by atoms with Crippen molar-refractivity contribution in [2.24, 2.45) is 0 Å². The van der Waals surface area contributed by atoms with Gasteiger partial charge in [-0.1, -0.05) is 23.2 Å². The van der Waals surface area contributed by atoms with Crippen molar-refractivity contribution >= 4 is 52.1 Å². The van der Waals surface area contributed by atoms with Gasteiger partial charge >= 0.3 is 0 Å². The highest BCUT2D eigenvalue weighted by Crippen LogP contribution is 2.25. The first-order valence-electron chi connectivity index (χ1n) is 5.78. The van der Waals surface area contributed by atoms with E-state index in [0.717, 1.165) is 0 Å². The van der Waals surface area contributed by atoms with Crippen molar-refractivity contribution < 1.29 is 4.79 Å². The van der Waals surface area contributed by atoms with Crippen molar-refractivity contribution in [3.8, 4) is 0 Å². The highest BCUT2D eigenvalue weighted by Gasteiger charge is 2.06. The third-order valence-electron chi connectivity index (χ3n) is 2.39. The number of nitrogens with one attached hydrogen (secondary N) is 3. The van der Waals surface area contributed by atoms with E-state index >= 15 is 0 Å². The van der Waals surface area contributed by atoms with Gasteiger partial charge in [-0.15, -0.1) is 0 Å². The van der Waals surface area contributed by atoms with E-state index in [1.54, 1.807) is 36.5 Å². The molecule has 21 heavy (non-hydrogen) atoms. The topological polar surface area (TPSA) is 66.1 Å². The van der Waals surface area contributed by atoms with Crippen LogP contribution in [0.4, 0.5) is 5.69 Å². The number of carbonyl (C=O) groups excluding carboxylic acids is 1. The fourth-order valence-electron chi connectivity index (χ4n) is 1.43. The number of halogens is 2. The van der Waals surface area contributed by atoms with Crippen LogP contribution < -0.4 is 16.2 Å². The van der Waals surface area contributed by atoms with Crippen LogP contribution in [0.25, 0.3) is 0 Å². The Hall–Kier alpha value is -1.89. The minimum atomic E-state index is -0.352. The molecule has 2 aromatic rings. The molecule has 0 unspecified atom stereocenters. The molecule has 8 heteroatoms. The number of rotatable bonds is 2. The maximum absolute atomic E-state index is 11.8. The van der Waals surface area contributed by atoms with Crippen LogP contribution in [0.1, 0.15) is 10.4 Å². The summed E-state index contributed by atoms with van der Waals surface area (Å²) >= 11 is 16.9. The first-order chi connectivity index (χ1) is 10.1. The summed E-state index contributed by atoms with van der Waals surface area (Å²) in [4.78, 5) is 15.6. The molecule has 0 fully saturated rings. The monoisotopic (exact) mass is 340 g/mol. The SMILES string of the molecule is O=C(NNC(=S)Nc1ccc(Cl)cc1Cl)c1cccnc1. The Balaban J connectivity index is 1.89. The molecule has 0 aliphatic heterocycles. The molecule has 1 amide bonds. The second-order valence-corrected chi connectivity index (χ2v) is 5.15. The molecule has 1 heterocycles. The summed E-state index contributed by atoms with van der Waals surface area (Å²) < 4.78 is 0. The number of amides is 1. The van der Waals surface area contributed by atoms with Gasteiger partial charge in [0, 0.05) is 17.4 Å². The van der Waals surface area contributed by atoms with Crippen LogP contribution in [0, 0.1) is 0 Å². The quantitative estimate of drug-likeness (QED) is 0.579. The molecule has 0 aliphatic carbocycles. The summed E-state index contributed by atoms with van der Waals surface area (Å²) in [5, 5.41) is 3.98. The molecule has 0 aliphatic rings. The number of carbonyl (C=O) groups is 1. The Morgan fingerprint density at radius 1 is 1.19 bits per heavy atom. The second-order valence-electron chi connectivity index (χ2n) is 3.90. The van der Waals surface area contributed by atoms with Crippen molar-refractivity contribution in [2.75, 3.05) is 5.32 Å². The van der Waals surface area contributed by atoms with E-state index in [1.165, 1.54) is 6.20 Å². The van der Waals surface area contributed by atoms with E-state index in [0.29, 0.717) is 21.3 Å². The Morgan fingerprint density at radius 3 is 2.67 bits per heavy atom. The summed E-state index contributed by atoms with van der Waals surface area (Å²) in [6.45, 7) is 0. The fourth-order valence-corrected chi connectivity index (χ4v) is 2.04. The van der Waals surface area contributed by atoms with Crippen LogP contribution >= 0.6 is 35.4 Å². The first-order valence-corrected chi connectivity index (χ1v) is 6.95. The number of hydrazine groups is 1. The molecule has 0 spiro atoms. The third-order valence-corrected chi connectivity index (χ3v) is 3.14. The highest BCUT2D eigenvalue weighted by atomic mass is 35.5. The van der Waals surface area contributed by atoms with Gasteiger partial charge in [-0.25, -0.2) is 0 Å². The molecule has 1 aromatic carbocycles. The van der Waals surface area contributed by atoms with Gasteiger partial charge in [0.05, 0.1) is 16.3 Å². The summed E-state index contributed by atoms with van der Waals surface area (Å²) in [5.41, 5.74) is 6.01. The summed E-state index contributed by atoms with van der Waals surface area (Å²) in [6.07, 6.45) is 3.03. The van der Waals surface area contributed by atoms with Crippen LogP contribution in [0.15, 0.2) is 42.7 Å². The van der Waals surface area contributed by atoms with Gasteiger partial charge < -0.3 is 5.32 Å². The molecule has 0 radical (unpaired) electrons. The Labute approximate surface area is 136 Å². The van der Waals surface area contributed by atoms with Gasteiger partial charge in [-0.05, 0) is 42.5 Å². The van der Waals surface area contributed by atoms with Crippen LogP contribution in [0.2, 0.25) is 10.0 Å². The van der Waals surface area contributed by atoms with Crippen LogP contribution in [-0.2, 0) is 0 Å². The van der Waals surface area contributed by atoms with Gasteiger partial charge in [0.1, 0.15) is 0 Å². The summed E-state index contributed by atoms with van der Waals surface area (Å²) in [5.74, 6) is -0.352. The molecule has 0 saturated heterocycles. The van der Waals surface area contributed by atoms with Crippen molar-refractivity contribution in [3.63, 3.8) is 0 Å². The predicted molar refractivity (Wildman–Crippen MR) is 87.5 cm³/mol. The van der Waals surface area contributed by atoms with E-state index in [4.69, 9.17) is 35.4 Å². The van der Waals surface area contributed by atoms with Gasteiger partial charge in [0.25, 0.3) is 5.91 Å². The Kier molecular flexibility index (Phi) is 5.32. The minimum absolute atomic E-state index is 0.191. The van der Waals surface area contributed by atoms with Crippen LogP contribution in [0.5, 0.6) is 0 Å². The Morgan fingerprint density at radius 2 is 2.00 bits per heavy atom. The van der Waals surface area contributed by atoms with E-state index < -0.39 is 0 Å². The average Bonchev–Trinajstić information content (AvgIpc) is 2.48. The van der Waals surface area contributed by atoms with Crippen LogP contribution in [-0.4, -0.2) is 16.0 Å². The molecule has 1 aromatic heterocycles. The summed E-state index contributed by atoms with van der Waals surface area (Å²) in [7, 11) is 0. The molecule has 0 atom stereocenters. The standard InChI is InChI=1S/C13H10Cl2N4OS/c14-9-3-4-11(10(15)6-9)17-13(21)19-18-12(20)8-2-1-5-16-7-8/h1-7H,(H,18,20)(H2,17,19,21). The molecule has 0 saturated carbocycles. The van der Waals surface area contributed by atoms with Gasteiger partial charge in [0.2, 0.25) is 0 Å². The molecule has 5 nitrogen and oxygen atoms in total. The third kappa shape index (κ3) is 4.56. The maximum atomic E-state index is 11.8. The molecule has 2 rings (SSSR count). The number of aromatic nitrogens is 1. The van der Waals surface area contributed by atoms with Crippen molar-refractivity contribution in [3.05, 3.63) is 58.3 Å². The zero-order valence-corrected chi connectivity index (χ0v) is 12.9. The first kappa shape index (κ1) is 15.5. The zero-order valence-electron chi connectivity index (χ0n) is 10.6. The maximum Gasteiger partial charge on any atom is 0.271 e. The second kappa shape index (κ2) is 7.21. The summed E-state index contributed by atoms with van der Waals surface area (Å²) in [6, 6.07) is 8.24. The lowest BCUT2D eigenvalue weighted by Gasteiger charge is -2.12. The number of thiocarbonyl (C=S) groups is 1. The average molecular weight is 341 g/mol. The van der Waals surface area contributed by atoms with E-state index in [-0.39, 0.29) is 11.0 Å².